The molecule has 1 aliphatic heterocycles. The summed E-state index contributed by atoms with van der Waals surface area (Å²) < 4.78 is 6.00. The van der Waals surface area contributed by atoms with Crippen molar-refractivity contribution >= 4 is 46.5 Å². The Hall–Kier alpha value is -4.19. The number of para-hydroxylation sites is 1. The largest absolute Gasteiger partial charge is 0.457 e. The van der Waals surface area contributed by atoms with E-state index in [0.29, 0.717) is 34.8 Å². The second-order valence-electron chi connectivity index (χ2n) is 7.59. The Morgan fingerprint density at radius 1 is 0.969 bits per heavy atom. The lowest BCUT2D eigenvalue weighted by Crippen LogP contribution is -2.30. The van der Waals surface area contributed by atoms with Crippen LogP contribution in [0.3, 0.4) is 0 Å². The van der Waals surface area contributed by atoms with Crippen LogP contribution in [-0.2, 0) is 14.4 Å². The number of fused-ring (bicyclic) bond motifs is 2. The number of rotatable bonds is 3. The fourth-order valence-electron chi connectivity index (χ4n) is 4.24. The van der Waals surface area contributed by atoms with Crippen LogP contribution in [0.4, 0.5) is 5.69 Å². The SMILES string of the molecule is CON=C1CC(=Cc2ccc(C=C3C(=O)N(C(C)=O)c4ccccc43)o2)c2ccccc21. The molecule has 2 aromatic carbocycles. The molecule has 2 amide bonds. The Balaban J connectivity index is 1.49. The third kappa shape index (κ3) is 3.26. The number of imide groups is 1. The lowest BCUT2D eigenvalue weighted by Gasteiger charge is -2.11. The minimum Gasteiger partial charge on any atom is -0.457 e. The van der Waals surface area contributed by atoms with Gasteiger partial charge in [-0.2, -0.15) is 0 Å². The number of anilines is 1. The van der Waals surface area contributed by atoms with Crippen molar-refractivity contribution in [2.45, 2.75) is 13.3 Å². The number of benzene rings is 2. The quantitative estimate of drug-likeness (QED) is 0.438. The molecule has 0 atom stereocenters. The smallest absolute Gasteiger partial charge is 0.265 e. The summed E-state index contributed by atoms with van der Waals surface area (Å²) in [5.41, 5.74) is 5.84. The van der Waals surface area contributed by atoms with Gasteiger partial charge in [0.1, 0.15) is 18.6 Å². The first kappa shape index (κ1) is 19.8. The van der Waals surface area contributed by atoms with Crippen LogP contribution in [0.1, 0.15) is 41.6 Å². The first-order valence-corrected chi connectivity index (χ1v) is 10.2. The van der Waals surface area contributed by atoms with Crippen molar-refractivity contribution in [2.24, 2.45) is 5.16 Å². The molecule has 1 aromatic heterocycles. The van der Waals surface area contributed by atoms with Gasteiger partial charge in [0.2, 0.25) is 5.91 Å². The monoisotopic (exact) mass is 424 g/mol. The summed E-state index contributed by atoms with van der Waals surface area (Å²) in [6.07, 6.45) is 4.31. The summed E-state index contributed by atoms with van der Waals surface area (Å²) in [5, 5.41) is 4.15. The number of nitrogens with zero attached hydrogens (tertiary/aromatic N) is 2. The van der Waals surface area contributed by atoms with E-state index in [1.807, 2.05) is 54.6 Å². The summed E-state index contributed by atoms with van der Waals surface area (Å²) >= 11 is 0. The van der Waals surface area contributed by atoms with E-state index in [1.54, 1.807) is 19.3 Å². The van der Waals surface area contributed by atoms with Crippen LogP contribution in [0.25, 0.3) is 23.3 Å². The molecule has 0 unspecified atom stereocenters. The van der Waals surface area contributed by atoms with Gasteiger partial charge in [-0.1, -0.05) is 47.6 Å². The fourth-order valence-corrected chi connectivity index (χ4v) is 4.24. The molecule has 0 radical (unpaired) electrons. The highest BCUT2D eigenvalue weighted by Gasteiger charge is 2.34. The molecule has 1 aliphatic carbocycles. The predicted molar refractivity (Wildman–Crippen MR) is 124 cm³/mol. The molecule has 0 N–H and O–H groups in total. The number of carbonyl (C=O) groups is 2. The first-order valence-electron chi connectivity index (χ1n) is 10.2. The van der Waals surface area contributed by atoms with Crippen molar-refractivity contribution in [3.63, 3.8) is 0 Å². The van der Waals surface area contributed by atoms with Gasteiger partial charge in [0, 0.05) is 24.5 Å². The van der Waals surface area contributed by atoms with Crippen molar-refractivity contribution in [2.75, 3.05) is 12.0 Å². The van der Waals surface area contributed by atoms with Gasteiger partial charge in [0.25, 0.3) is 5.91 Å². The Morgan fingerprint density at radius 3 is 2.34 bits per heavy atom. The van der Waals surface area contributed by atoms with Gasteiger partial charge in [-0.3, -0.25) is 9.59 Å². The normalized spacial score (nSPS) is 18.5. The Labute approximate surface area is 185 Å². The summed E-state index contributed by atoms with van der Waals surface area (Å²) in [6, 6.07) is 19.0. The molecular formula is C26H20N2O4. The van der Waals surface area contributed by atoms with E-state index in [1.165, 1.54) is 11.8 Å². The molecule has 3 aromatic rings. The number of hydrogen-bond acceptors (Lipinski definition) is 5. The molecule has 158 valence electrons. The van der Waals surface area contributed by atoms with E-state index in [0.717, 1.165) is 22.4 Å². The topological polar surface area (TPSA) is 72.1 Å². The van der Waals surface area contributed by atoms with Gasteiger partial charge in [-0.05, 0) is 41.5 Å². The van der Waals surface area contributed by atoms with E-state index in [9.17, 15) is 9.59 Å². The van der Waals surface area contributed by atoms with Crippen LogP contribution in [-0.4, -0.2) is 24.6 Å². The molecule has 0 fully saturated rings. The third-order valence-corrected chi connectivity index (χ3v) is 5.58. The molecular weight excluding hydrogens is 404 g/mol. The maximum absolute atomic E-state index is 12.9. The molecule has 32 heavy (non-hydrogen) atoms. The maximum atomic E-state index is 12.9. The molecule has 5 rings (SSSR count). The van der Waals surface area contributed by atoms with Crippen LogP contribution in [0.5, 0.6) is 0 Å². The number of allylic oxidation sites excluding steroid dienone is 1. The number of furan rings is 1. The van der Waals surface area contributed by atoms with E-state index in [4.69, 9.17) is 9.25 Å². The van der Waals surface area contributed by atoms with E-state index in [2.05, 4.69) is 11.2 Å². The first-order chi connectivity index (χ1) is 15.6. The number of hydrogen-bond donors (Lipinski definition) is 0. The zero-order valence-corrected chi connectivity index (χ0v) is 17.7. The zero-order chi connectivity index (χ0) is 22.2. The second-order valence-corrected chi connectivity index (χ2v) is 7.59. The third-order valence-electron chi connectivity index (χ3n) is 5.58. The van der Waals surface area contributed by atoms with Crippen LogP contribution in [0.2, 0.25) is 0 Å². The molecule has 6 nitrogen and oxygen atoms in total. The van der Waals surface area contributed by atoms with Gasteiger partial charge >= 0.3 is 0 Å². The lowest BCUT2D eigenvalue weighted by molar-refractivity contribution is -0.122. The van der Waals surface area contributed by atoms with E-state index in [-0.39, 0.29) is 11.8 Å². The van der Waals surface area contributed by atoms with Crippen LogP contribution in [0, 0.1) is 0 Å². The summed E-state index contributed by atoms with van der Waals surface area (Å²) in [5.74, 6) is 0.546. The van der Waals surface area contributed by atoms with Gasteiger partial charge in [-0.25, -0.2) is 4.90 Å². The van der Waals surface area contributed by atoms with Crippen LogP contribution < -0.4 is 4.90 Å². The second kappa shape index (κ2) is 7.81. The maximum Gasteiger partial charge on any atom is 0.265 e. The van der Waals surface area contributed by atoms with Crippen molar-refractivity contribution in [1.82, 2.24) is 0 Å². The minimum atomic E-state index is -0.347. The number of amides is 2. The average Bonchev–Trinajstić information content (AvgIpc) is 3.45. The minimum absolute atomic E-state index is 0.316. The Morgan fingerprint density at radius 2 is 1.62 bits per heavy atom. The highest BCUT2D eigenvalue weighted by molar-refractivity contribution is 6.41. The standard InChI is InChI=1S/C26H20N2O4/c1-16(29)28-25-10-6-5-9-22(25)23(26(28)30)15-19-12-11-18(32-19)13-17-14-24(27-31-2)21-8-4-3-7-20(17)21/h3-13,15H,14H2,1-2H3. The molecule has 0 spiro atoms. The fraction of sp³-hybridized carbons (Fsp3) is 0.115. The molecule has 0 bridgehead atoms. The number of carbonyl (C=O) groups excluding carboxylic acids is 2. The molecule has 0 saturated carbocycles. The van der Waals surface area contributed by atoms with Gasteiger partial charge < -0.3 is 9.25 Å². The van der Waals surface area contributed by atoms with Crippen molar-refractivity contribution in [3.05, 3.63) is 88.9 Å². The summed E-state index contributed by atoms with van der Waals surface area (Å²) in [4.78, 5) is 31.1. The summed E-state index contributed by atoms with van der Waals surface area (Å²) in [7, 11) is 1.54. The van der Waals surface area contributed by atoms with Crippen LogP contribution >= 0.6 is 0 Å². The van der Waals surface area contributed by atoms with Crippen molar-refractivity contribution < 1.29 is 18.8 Å². The van der Waals surface area contributed by atoms with Crippen molar-refractivity contribution in [1.29, 1.82) is 0 Å². The van der Waals surface area contributed by atoms with Gasteiger partial charge in [-0.15, -0.1) is 0 Å². The predicted octanol–water partition coefficient (Wildman–Crippen LogP) is 5.01. The molecule has 2 heterocycles. The summed E-state index contributed by atoms with van der Waals surface area (Å²) in [6.45, 7) is 1.38. The lowest BCUT2D eigenvalue weighted by atomic mass is 10.1. The van der Waals surface area contributed by atoms with Gasteiger partial charge in [0.05, 0.1) is 17.0 Å². The molecule has 2 aliphatic rings. The van der Waals surface area contributed by atoms with E-state index < -0.39 is 0 Å². The van der Waals surface area contributed by atoms with E-state index >= 15 is 0 Å². The Bertz CT molecular complexity index is 1340. The van der Waals surface area contributed by atoms with Gasteiger partial charge in [0.15, 0.2) is 0 Å². The highest BCUT2D eigenvalue weighted by atomic mass is 16.6. The highest BCUT2D eigenvalue weighted by Crippen LogP contribution is 2.38. The molecule has 0 saturated heterocycles. The number of oxime groups is 1. The Kier molecular flexibility index (Phi) is 4.82. The van der Waals surface area contributed by atoms with Crippen LogP contribution in [0.15, 0.2) is 70.2 Å². The van der Waals surface area contributed by atoms with Crippen molar-refractivity contribution in [3.8, 4) is 0 Å². The average molecular weight is 424 g/mol. The molecule has 6 heteroatoms. The zero-order valence-electron chi connectivity index (χ0n) is 17.7.